The van der Waals surface area contributed by atoms with E-state index in [1.165, 1.54) is 18.2 Å². The Balaban J connectivity index is 0.00000180. The Labute approximate surface area is 129 Å². The molecule has 6 nitrogen and oxygen atoms in total. The van der Waals surface area contributed by atoms with Gasteiger partial charge in [-0.2, -0.15) is 0 Å². The van der Waals surface area contributed by atoms with E-state index in [9.17, 15) is 19.8 Å². The molecule has 0 amide bonds. The van der Waals surface area contributed by atoms with Crippen LogP contribution in [0.2, 0.25) is 0 Å². The zero-order valence-corrected chi connectivity index (χ0v) is 12.4. The Morgan fingerprint density at radius 2 is 2.11 bits per heavy atom. The monoisotopic (exact) mass is 272 g/mol. The molecular weight excluding hydrogens is 263 g/mol. The third-order valence-corrected chi connectivity index (χ3v) is 2.38. The number of carbonyl (C=O) groups is 1. The van der Waals surface area contributed by atoms with Gasteiger partial charge in [-0.3, -0.25) is 0 Å². The van der Waals surface area contributed by atoms with Gasteiger partial charge in [0.05, 0.1) is 5.97 Å². The number of aliphatic carboxylic acids is 1. The van der Waals surface area contributed by atoms with Crippen molar-refractivity contribution in [3.8, 4) is 11.5 Å². The first-order valence-electron chi connectivity index (χ1n) is 5.07. The van der Waals surface area contributed by atoms with Gasteiger partial charge in [0, 0.05) is 17.5 Å². The molecule has 0 unspecified atom stereocenters. The summed E-state index contributed by atoms with van der Waals surface area (Å²) < 4.78 is 9.76. The van der Waals surface area contributed by atoms with Gasteiger partial charge in [0.25, 0.3) is 0 Å². The molecule has 2 aromatic rings. The molecule has 0 bridgehead atoms. The number of fused-ring (bicyclic) bond motifs is 1. The van der Waals surface area contributed by atoms with Gasteiger partial charge in [-0.15, -0.1) is 0 Å². The van der Waals surface area contributed by atoms with E-state index >= 15 is 0 Å². The molecular formula is C12H9NaO6. The second-order valence-electron chi connectivity index (χ2n) is 3.73. The van der Waals surface area contributed by atoms with Gasteiger partial charge in [-0.05, 0) is 18.6 Å². The topological polar surface area (TPSA) is 99.8 Å². The summed E-state index contributed by atoms with van der Waals surface area (Å²) in [6.45, 7) is 1.02. The second-order valence-corrected chi connectivity index (χ2v) is 3.73. The van der Waals surface area contributed by atoms with Crippen molar-refractivity contribution < 1.29 is 53.7 Å². The molecule has 1 heterocycles. The van der Waals surface area contributed by atoms with Crippen LogP contribution < -0.4 is 45.0 Å². The van der Waals surface area contributed by atoms with Gasteiger partial charge in [-0.1, -0.05) is 0 Å². The molecule has 19 heavy (non-hydrogen) atoms. The van der Waals surface area contributed by atoms with Crippen molar-refractivity contribution in [3.63, 3.8) is 0 Å². The average molecular weight is 272 g/mol. The third-order valence-electron chi connectivity index (χ3n) is 2.38. The molecule has 1 N–H and O–H groups in total. The fraction of sp³-hybridized carbons (Fsp3) is 0.167. The standard InChI is InChI=1S/C12H10O6.Na/c1-6-2-12(16)18-9-4-8(13)10(3-7(6)9)17-5-11(14)15;/h2-4,13H,5H2,1H3,(H,14,15);/q;+1/p-1. The van der Waals surface area contributed by atoms with Crippen LogP contribution >= 0.6 is 0 Å². The molecule has 0 radical (unpaired) electrons. The van der Waals surface area contributed by atoms with Crippen LogP contribution in [0.25, 0.3) is 11.0 Å². The molecule has 0 aliphatic carbocycles. The van der Waals surface area contributed by atoms with Crippen molar-refractivity contribution in [2.24, 2.45) is 0 Å². The van der Waals surface area contributed by atoms with E-state index in [0.29, 0.717) is 10.9 Å². The number of benzene rings is 1. The smallest absolute Gasteiger partial charge is 0.546 e. The Bertz CT molecular complexity index is 676. The Morgan fingerprint density at radius 1 is 1.42 bits per heavy atom. The molecule has 0 aliphatic heterocycles. The Kier molecular flexibility index (Phi) is 4.99. The molecule has 0 spiro atoms. The summed E-state index contributed by atoms with van der Waals surface area (Å²) in [6, 6.07) is 3.90. The first kappa shape index (κ1) is 15.6. The number of aryl methyl sites for hydroxylation is 1. The quantitative estimate of drug-likeness (QED) is 0.470. The number of carbonyl (C=O) groups excluding carboxylic acids is 1. The molecule has 2 rings (SSSR count). The maximum atomic E-state index is 11.1. The van der Waals surface area contributed by atoms with Crippen molar-refractivity contribution in [2.45, 2.75) is 6.92 Å². The van der Waals surface area contributed by atoms with Gasteiger partial charge in [0.1, 0.15) is 12.2 Å². The van der Waals surface area contributed by atoms with E-state index in [-0.39, 0.29) is 46.6 Å². The molecule has 0 saturated carbocycles. The fourth-order valence-electron chi connectivity index (χ4n) is 1.59. The molecule has 1 aromatic carbocycles. The number of ether oxygens (including phenoxy) is 1. The first-order valence-corrected chi connectivity index (χ1v) is 5.07. The summed E-state index contributed by atoms with van der Waals surface area (Å²) in [5.41, 5.74) is 0.320. The average Bonchev–Trinajstić information content (AvgIpc) is 2.26. The molecule has 7 heteroatoms. The van der Waals surface area contributed by atoms with Gasteiger partial charge in [0.15, 0.2) is 11.5 Å². The van der Waals surface area contributed by atoms with E-state index in [4.69, 9.17) is 9.15 Å². The van der Waals surface area contributed by atoms with Crippen LogP contribution in [0, 0.1) is 6.92 Å². The number of carboxylic acids is 1. The number of rotatable bonds is 3. The van der Waals surface area contributed by atoms with Gasteiger partial charge in [0.2, 0.25) is 0 Å². The third kappa shape index (κ3) is 3.50. The number of phenols is 1. The Morgan fingerprint density at radius 3 is 2.74 bits per heavy atom. The summed E-state index contributed by atoms with van der Waals surface area (Å²) in [5.74, 6) is -1.72. The minimum atomic E-state index is -1.40. The van der Waals surface area contributed by atoms with Crippen LogP contribution in [0.1, 0.15) is 5.56 Å². The normalized spacial score (nSPS) is 9.95. The maximum Gasteiger partial charge on any atom is 1.00 e. The van der Waals surface area contributed by atoms with Crippen molar-refractivity contribution in [3.05, 3.63) is 34.2 Å². The van der Waals surface area contributed by atoms with Crippen LogP contribution in [-0.4, -0.2) is 17.7 Å². The van der Waals surface area contributed by atoms with Crippen LogP contribution in [-0.2, 0) is 4.79 Å². The number of aromatic hydroxyl groups is 1. The van der Waals surface area contributed by atoms with Gasteiger partial charge < -0.3 is 24.2 Å². The number of carboxylic acid groups (broad SMARTS) is 1. The predicted octanol–water partition coefficient (Wildman–Crippen LogP) is -3.06. The summed E-state index contributed by atoms with van der Waals surface area (Å²) in [6.07, 6.45) is 0. The zero-order chi connectivity index (χ0) is 13.3. The van der Waals surface area contributed by atoms with Crippen molar-refractivity contribution in [1.29, 1.82) is 0 Å². The van der Waals surface area contributed by atoms with Crippen LogP contribution in [0.3, 0.4) is 0 Å². The van der Waals surface area contributed by atoms with E-state index < -0.39 is 18.2 Å². The Hall–Kier alpha value is -1.50. The SMILES string of the molecule is Cc1cc(=O)oc2cc(O)c(OCC(=O)[O-])cc12.[Na+]. The molecule has 0 saturated heterocycles. The number of hydrogen-bond donors (Lipinski definition) is 1. The number of hydrogen-bond acceptors (Lipinski definition) is 6. The predicted molar refractivity (Wildman–Crippen MR) is 59.4 cm³/mol. The minimum Gasteiger partial charge on any atom is -0.546 e. The summed E-state index contributed by atoms with van der Waals surface area (Å²) in [7, 11) is 0. The summed E-state index contributed by atoms with van der Waals surface area (Å²) >= 11 is 0. The van der Waals surface area contributed by atoms with Crippen LogP contribution in [0.15, 0.2) is 27.4 Å². The number of phenolic OH excluding ortho intramolecular Hbond substituents is 1. The van der Waals surface area contributed by atoms with Gasteiger partial charge in [-0.25, -0.2) is 4.79 Å². The van der Waals surface area contributed by atoms with E-state index in [1.54, 1.807) is 6.92 Å². The largest absolute Gasteiger partial charge is 1.00 e. The van der Waals surface area contributed by atoms with E-state index in [0.717, 1.165) is 0 Å². The van der Waals surface area contributed by atoms with Gasteiger partial charge >= 0.3 is 35.2 Å². The van der Waals surface area contributed by atoms with Crippen molar-refractivity contribution in [2.75, 3.05) is 6.61 Å². The van der Waals surface area contributed by atoms with Crippen LogP contribution in [0.4, 0.5) is 0 Å². The summed E-state index contributed by atoms with van der Waals surface area (Å²) in [5, 5.41) is 20.4. The molecule has 94 valence electrons. The van der Waals surface area contributed by atoms with Crippen LogP contribution in [0.5, 0.6) is 11.5 Å². The molecule has 0 aliphatic rings. The molecule has 1 aromatic heterocycles. The maximum absolute atomic E-state index is 11.1. The molecule has 0 fully saturated rings. The summed E-state index contributed by atoms with van der Waals surface area (Å²) in [4.78, 5) is 21.4. The first-order chi connectivity index (χ1) is 8.47. The minimum absolute atomic E-state index is 0. The fourth-order valence-corrected chi connectivity index (χ4v) is 1.59. The second kappa shape index (κ2) is 6.10. The van der Waals surface area contributed by atoms with Crippen molar-refractivity contribution in [1.82, 2.24) is 0 Å². The van der Waals surface area contributed by atoms with E-state index in [2.05, 4.69) is 0 Å². The van der Waals surface area contributed by atoms with E-state index in [1.807, 2.05) is 0 Å². The zero-order valence-electron chi connectivity index (χ0n) is 10.4. The molecule has 0 atom stereocenters. The van der Waals surface area contributed by atoms with Crippen molar-refractivity contribution >= 4 is 16.9 Å².